The summed E-state index contributed by atoms with van der Waals surface area (Å²) in [6, 6.07) is 0. The van der Waals surface area contributed by atoms with Crippen LogP contribution in [-0.4, -0.2) is 35.7 Å². The Labute approximate surface area is 108 Å². The number of nitrogens with zero attached hydrogens (tertiary/aromatic N) is 1. The molecule has 0 radical (unpaired) electrons. The lowest BCUT2D eigenvalue weighted by Gasteiger charge is -2.16. The third kappa shape index (κ3) is 6.83. The molecule has 18 heavy (non-hydrogen) atoms. The van der Waals surface area contributed by atoms with Gasteiger partial charge in [-0.1, -0.05) is 13.0 Å². The first-order valence-electron chi connectivity index (χ1n) is 6.24. The molecule has 0 saturated heterocycles. The lowest BCUT2D eigenvalue weighted by molar-refractivity contribution is -0.140. The number of carbonyl (C=O) groups is 3. The molecular weight excluding hydrogens is 232 g/mol. The van der Waals surface area contributed by atoms with Gasteiger partial charge in [-0.3, -0.25) is 19.3 Å². The molecule has 0 aromatic rings. The van der Waals surface area contributed by atoms with Crippen LogP contribution in [0.3, 0.4) is 0 Å². The average molecular weight is 254 g/mol. The molecule has 0 aromatic heterocycles. The highest BCUT2D eigenvalue weighted by atomic mass is 16.2. The summed E-state index contributed by atoms with van der Waals surface area (Å²) in [6.45, 7) is 7.62. The molecule has 0 saturated carbocycles. The van der Waals surface area contributed by atoms with Gasteiger partial charge in [0.15, 0.2) is 0 Å². The summed E-state index contributed by atoms with van der Waals surface area (Å²) in [5, 5.41) is 2.72. The van der Waals surface area contributed by atoms with Crippen LogP contribution in [0.15, 0.2) is 12.7 Å². The number of unbranched alkanes of at least 4 members (excludes halogenated alkanes) is 2. The lowest BCUT2D eigenvalue weighted by atomic mass is 10.2. The normalized spacial score (nSPS) is 9.67. The Kier molecular flexibility index (Phi) is 8.53. The largest absolute Gasteiger partial charge is 0.356 e. The van der Waals surface area contributed by atoms with Gasteiger partial charge in [-0.15, -0.1) is 0 Å². The van der Waals surface area contributed by atoms with Gasteiger partial charge in [-0.2, -0.15) is 0 Å². The van der Waals surface area contributed by atoms with Crippen molar-refractivity contribution in [3.05, 3.63) is 12.7 Å². The van der Waals surface area contributed by atoms with Gasteiger partial charge in [-0.25, -0.2) is 0 Å². The van der Waals surface area contributed by atoms with Crippen molar-refractivity contribution in [2.45, 2.75) is 39.5 Å². The molecular formula is C13H22N2O3. The van der Waals surface area contributed by atoms with E-state index in [1.54, 1.807) is 0 Å². The molecule has 0 aromatic carbocycles. The highest BCUT2D eigenvalue weighted by molar-refractivity contribution is 5.99. The fourth-order valence-electron chi connectivity index (χ4n) is 1.55. The van der Waals surface area contributed by atoms with Crippen molar-refractivity contribution in [3.63, 3.8) is 0 Å². The van der Waals surface area contributed by atoms with Crippen molar-refractivity contribution in [1.29, 1.82) is 0 Å². The average Bonchev–Trinajstić information content (AvgIpc) is 2.32. The molecule has 0 bridgehead atoms. The number of carbonyl (C=O) groups excluding carboxylic acids is 3. The Balaban J connectivity index is 3.81. The number of nitrogens with one attached hydrogen (secondary N) is 1. The van der Waals surface area contributed by atoms with Crippen LogP contribution in [0.2, 0.25) is 0 Å². The summed E-state index contributed by atoms with van der Waals surface area (Å²) in [5.74, 6) is -0.599. The second-order valence-corrected chi connectivity index (χ2v) is 3.98. The van der Waals surface area contributed by atoms with Crippen molar-refractivity contribution in [2.75, 3.05) is 13.1 Å². The molecule has 0 unspecified atom stereocenters. The zero-order valence-corrected chi connectivity index (χ0v) is 11.2. The first-order chi connectivity index (χ1) is 8.52. The van der Waals surface area contributed by atoms with E-state index in [1.165, 1.54) is 11.8 Å². The molecule has 1 N–H and O–H groups in total. The Morgan fingerprint density at radius 2 is 1.89 bits per heavy atom. The summed E-state index contributed by atoms with van der Waals surface area (Å²) in [5.41, 5.74) is 0. The van der Waals surface area contributed by atoms with E-state index in [9.17, 15) is 14.4 Å². The van der Waals surface area contributed by atoms with Crippen LogP contribution in [0, 0.1) is 0 Å². The van der Waals surface area contributed by atoms with Gasteiger partial charge in [0.05, 0.1) is 0 Å². The fourth-order valence-corrected chi connectivity index (χ4v) is 1.55. The first kappa shape index (κ1) is 16.4. The van der Waals surface area contributed by atoms with E-state index < -0.39 is 0 Å². The fraction of sp³-hybridized carbons (Fsp3) is 0.615. The predicted molar refractivity (Wildman–Crippen MR) is 69.7 cm³/mol. The van der Waals surface area contributed by atoms with E-state index in [1.807, 2.05) is 6.92 Å². The van der Waals surface area contributed by atoms with Crippen LogP contribution in [0.5, 0.6) is 0 Å². The monoisotopic (exact) mass is 254 g/mol. The van der Waals surface area contributed by atoms with Gasteiger partial charge in [-0.05, 0) is 25.8 Å². The Morgan fingerprint density at radius 3 is 2.39 bits per heavy atom. The van der Waals surface area contributed by atoms with E-state index in [0.29, 0.717) is 25.9 Å². The standard InChI is InChI=1S/C13H22N2O3/c1-4-13(18)15(11(3)16)10-8-6-7-9-12(17)14-5-2/h4H,1,5-10H2,2-3H3,(H,14,17). The van der Waals surface area contributed by atoms with E-state index in [4.69, 9.17) is 0 Å². The molecule has 0 heterocycles. The molecule has 0 rings (SSSR count). The quantitative estimate of drug-likeness (QED) is 0.523. The van der Waals surface area contributed by atoms with Gasteiger partial charge in [0, 0.05) is 26.4 Å². The van der Waals surface area contributed by atoms with E-state index in [2.05, 4.69) is 11.9 Å². The summed E-state index contributed by atoms with van der Waals surface area (Å²) < 4.78 is 0. The molecule has 0 aliphatic rings. The maximum Gasteiger partial charge on any atom is 0.252 e. The van der Waals surface area contributed by atoms with Crippen molar-refractivity contribution in [3.8, 4) is 0 Å². The molecule has 102 valence electrons. The smallest absolute Gasteiger partial charge is 0.252 e. The zero-order valence-electron chi connectivity index (χ0n) is 11.2. The van der Waals surface area contributed by atoms with Gasteiger partial charge < -0.3 is 5.32 Å². The minimum absolute atomic E-state index is 0.0445. The summed E-state index contributed by atoms with van der Waals surface area (Å²) in [4.78, 5) is 34.9. The highest BCUT2D eigenvalue weighted by Crippen LogP contribution is 2.03. The molecule has 0 aliphatic heterocycles. The second-order valence-electron chi connectivity index (χ2n) is 3.98. The zero-order chi connectivity index (χ0) is 14.0. The number of hydrogen-bond acceptors (Lipinski definition) is 3. The van der Waals surface area contributed by atoms with Gasteiger partial charge in [0.2, 0.25) is 11.8 Å². The maximum atomic E-state index is 11.3. The lowest BCUT2D eigenvalue weighted by Crippen LogP contribution is -2.34. The van der Waals surface area contributed by atoms with Crippen LogP contribution >= 0.6 is 0 Å². The summed E-state index contributed by atoms with van der Waals surface area (Å²) in [7, 11) is 0. The van der Waals surface area contributed by atoms with Crippen LogP contribution < -0.4 is 5.32 Å². The van der Waals surface area contributed by atoms with Gasteiger partial charge in [0.1, 0.15) is 0 Å². The topological polar surface area (TPSA) is 66.5 Å². The Bertz CT molecular complexity index is 313. The van der Waals surface area contributed by atoms with E-state index in [-0.39, 0.29) is 17.7 Å². The number of amides is 3. The molecule has 0 spiro atoms. The SMILES string of the molecule is C=CC(=O)N(CCCCCC(=O)NCC)C(C)=O. The molecule has 0 fully saturated rings. The Hall–Kier alpha value is -1.65. The molecule has 5 heteroatoms. The van der Waals surface area contributed by atoms with E-state index >= 15 is 0 Å². The van der Waals surface area contributed by atoms with Gasteiger partial charge >= 0.3 is 0 Å². The highest BCUT2D eigenvalue weighted by Gasteiger charge is 2.13. The van der Waals surface area contributed by atoms with Crippen LogP contribution in [0.1, 0.15) is 39.5 Å². The van der Waals surface area contributed by atoms with Crippen LogP contribution in [-0.2, 0) is 14.4 Å². The summed E-state index contributed by atoms with van der Waals surface area (Å²) in [6.07, 6.45) is 3.91. The summed E-state index contributed by atoms with van der Waals surface area (Å²) >= 11 is 0. The minimum atomic E-state index is -0.369. The van der Waals surface area contributed by atoms with Crippen LogP contribution in [0.4, 0.5) is 0 Å². The molecule has 0 atom stereocenters. The van der Waals surface area contributed by atoms with Gasteiger partial charge in [0.25, 0.3) is 5.91 Å². The number of hydrogen-bond donors (Lipinski definition) is 1. The third-order valence-corrected chi connectivity index (χ3v) is 2.48. The van der Waals surface area contributed by atoms with E-state index in [0.717, 1.165) is 18.9 Å². The molecule has 0 aliphatic carbocycles. The van der Waals surface area contributed by atoms with Crippen molar-refractivity contribution in [1.82, 2.24) is 10.2 Å². The van der Waals surface area contributed by atoms with Crippen molar-refractivity contribution < 1.29 is 14.4 Å². The number of rotatable bonds is 8. The minimum Gasteiger partial charge on any atom is -0.356 e. The Morgan fingerprint density at radius 1 is 1.22 bits per heavy atom. The second kappa shape index (κ2) is 9.39. The first-order valence-corrected chi connectivity index (χ1v) is 6.24. The number of imide groups is 1. The third-order valence-electron chi connectivity index (χ3n) is 2.48. The van der Waals surface area contributed by atoms with Crippen molar-refractivity contribution >= 4 is 17.7 Å². The molecule has 3 amide bonds. The maximum absolute atomic E-state index is 11.3. The predicted octanol–water partition coefficient (Wildman–Crippen LogP) is 1.24. The van der Waals surface area contributed by atoms with Crippen molar-refractivity contribution in [2.24, 2.45) is 0 Å². The molecule has 5 nitrogen and oxygen atoms in total. The van der Waals surface area contributed by atoms with Crippen LogP contribution in [0.25, 0.3) is 0 Å².